The summed E-state index contributed by atoms with van der Waals surface area (Å²) in [6.07, 6.45) is 4.07. The zero-order valence-corrected chi connectivity index (χ0v) is 9.04. The van der Waals surface area contributed by atoms with Crippen LogP contribution in [0.15, 0.2) is 6.20 Å². The number of nitrogens with two attached hydrogens (primary N) is 1. The molecular formula is C9H15ClN4. The minimum Gasteiger partial charge on any atom is -0.395 e. The van der Waals surface area contributed by atoms with Crippen molar-refractivity contribution < 1.29 is 0 Å². The van der Waals surface area contributed by atoms with Gasteiger partial charge in [-0.2, -0.15) is 5.10 Å². The van der Waals surface area contributed by atoms with Crippen molar-refractivity contribution in [2.24, 2.45) is 0 Å². The fraction of sp³-hybridized carbons (Fsp3) is 0.667. The molecule has 1 aromatic heterocycles. The summed E-state index contributed by atoms with van der Waals surface area (Å²) < 4.78 is 1.91. The highest BCUT2D eigenvalue weighted by Gasteiger charge is 2.19. The second-order valence-corrected chi connectivity index (χ2v) is 4.25. The van der Waals surface area contributed by atoms with Crippen LogP contribution in [-0.2, 0) is 0 Å². The quantitative estimate of drug-likeness (QED) is 0.769. The standard InChI is InChI=1S/C9H15ClN4/c1-13-4-2-7(3-5-13)14-6-8(11)9(10)12-14/h6-7H,2-5,11H2,1H3. The summed E-state index contributed by atoms with van der Waals surface area (Å²) in [6, 6.07) is 0.459. The smallest absolute Gasteiger partial charge is 0.173 e. The van der Waals surface area contributed by atoms with Crippen LogP contribution in [0.3, 0.4) is 0 Å². The van der Waals surface area contributed by atoms with Gasteiger partial charge in [-0.1, -0.05) is 11.6 Å². The third kappa shape index (κ3) is 1.86. The molecule has 0 spiro atoms. The maximum atomic E-state index is 5.81. The first kappa shape index (κ1) is 9.80. The van der Waals surface area contributed by atoms with Gasteiger partial charge >= 0.3 is 0 Å². The number of piperidine rings is 1. The summed E-state index contributed by atoms with van der Waals surface area (Å²) in [5.41, 5.74) is 6.22. The Morgan fingerprint density at radius 1 is 1.50 bits per heavy atom. The van der Waals surface area contributed by atoms with Crippen LogP contribution in [0.25, 0.3) is 0 Å². The number of rotatable bonds is 1. The van der Waals surface area contributed by atoms with Crippen LogP contribution < -0.4 is 5.73 Å². The summed E-state index contributed by atoms with van der Waals surface area (Å²) in [5.74, 6) is 0. The summed E-state index contributed by atoms with van der Waals surface area (Å²) in [5, 5.41) is 4.62. The molecule has 4 nitrogen and oxygen atoms in total. The largest absolute Gasteiger partial charge is 0.395 e. The number of likely N-dealkylation sites (tertiary alicyclic amines) is 1. The fourth-order valence-corrected chi connectivity index (χ4v) is 1.97. The summed E-state index contributed by atoms with van der Waals surface area (Å²) >= 11 is 5.81. The topological polar surface area (TPSA) is 47.1 Å². The average Bonchev–Trinajstić information content (AvgIpc) is 2.48. The van der Waals surface area contributed by atoms with Crippen molar-refractivity contribution in [2.75, 3.05) is 25.9 Å². The lowest BCUT2D eigenvalue weighted by atomic mass is 10.1. The molecule has 1 aliphatic rings. The first-order chi connectivity index (χ1) is 6.66. The Labute approximate surface area is 88.6 Å². The lowest BCUT2D eigenvalue weighted by Crippen LogP contribution is -2.31. The van der Waals surface area contributed by atoms with Gasteiger partial charge in [0.2, 0.25) is 0 Å². The first-order valence-corrected chi connectivity index (χ1v) is 5.23. The zero-order chi connectivity index (χ0) is 10.1. The number of nitrogen functional groups attached to an aromatic ring is 1. The minimum atomic E-state index is 0.420. The molecule has 5 heteroatoms. The molecule has 78 valence electrons. The number of hydrogen-bond acceptors (Lipinski definition) is 3. The van der Waals surface area contributed by atoms with E-state index in [0.29, 0.717) is 16.9 Å². The highest BCUT2D eigenvalue weighted by molar-refractivity contribution is 6.31. The van der Waals surface area contributed by atoms with Gasteiger partial charge in [-0.3, -0.25) is 4.68 Å². The van der Waals surface area contributed by atoms with E-state index in [1.807, 2.05) is 10.9 Å². The molecule has 14 heavy (non-hydrogen) atoms. The third-order valence-corrected chi connectivity index (χ3v) is 3.07. The predicted octanol–water partition coefficient (Wildman–Crippen LogP) is 1.39. The molecular weight excluding hydrogens is 200 g/mol. The maximum Gasteiger partial charge on any atom is 0.173 e. The highest BCUT2D eigenvalue weighted by Crippen LogP contribution is 2.24. The van der Waals surface area contributed by atoms with Gasteiger partial charge in [0.15, 0.2) is 5.15 Å². The van der Waals surface area contributed by atoms with Crippen molar-refractivity contribution in [3.63, 3.8) is 0 Å². The van der Waals surface area contributed by atoms with E-state index in [1.165, 1.54) is 0 Å². The zero-order valence-electron chi connectivity index (χ0n) is 8.28. The first-order valence-electron chi connectivity index (χ1n) is 4.85. The molecule has 0 amide bonds. The Kier molecular flexibility index (Phi) is 2.65. The van der Waals surface area contributed by atoms with Crippen molar-refractivity contribution in [1.29, 1.82) is 0 Å². The average molecular weight is 215 g/mol. The molecule has 1 saturated heterocycles. The van der Waals surface area contributed by atoms with Crippen molar-refractivity contribution in [1.82, 2.24) is 14.7 Å². The monoisotopic (exact) mass is 214 g/mol. The lowest BCUT2D eigenvalue weighted by Gasteiger charge is -2.28. The molecule has 1 aromatic rings. The molecule has 0 atom stereocenters. The van der Waals surface area contributed by atoms with E-state index in [-0.39, 0.29) is 0 Å². The Bertz CT molecular complexity index is 295. The van der Waals surface area contributed by atoms with Gasteiger partial charge in [0, 0.05) is 6.20 Å². The van der Waals surface area contributed by atoms with Gasteiger partial charge in [-0.05, 0) is 33.0 Å². The van der Waals surface area contributed by atoms with Crippen LogP contribution in [0.4, 0.5) is 5.69 Å². The van der Waals surface area contributed by atoms with E-state index in [1.54, 1.807) is 0 Å². The van der Waals surface area contributed by atoms with E-state index in [0.717, 1.165) is 25.9 Å². The van der Waals surface area contributed by atoms with Crippen molar-refractivity contribution in [3.8, 4) is 0 Å². The SMILES string of the molecule is CN1CCC(n2cc(N)c(Cl)n2)CC1. The van der Waals surface area contributed by atoms with Crippen molar-refractivity contribution in [3.05, 3.63) is 11.3 Å². The Morgan fingerprint density at radius 2 is 2.14 bits per heavy atom. The molecule has 0 aliphatic carbocycles. The van der Waals surface area contributed by atoms with Gasteiger partial charge in [0.1, 0.15) is 0 Å². The van der Waals surface area contributed by atoms with Crippen molar-refractivity contribution >= 4 is 17.3 Å². The van der Waals surface area contributed by atoms with Crippen LogP contribution in [0, 0.1) is 0 Å². The van der Waals surface area contributed by atoms with E-state index >= 15 is 0 Å². The van der Waals surface area contributed by atoms with Crippen LogP contribution in [0.5, 0.6) is 0 Å². The Balaban J connectivity index is 2.08. The fourth-order valence-electron chi connectivity index (χ4n) is 1.83. The Hall–Kier alpha value is -0.740. The maximum absolute atomic E-state index is 5.81. The van der Waals surface area contributed by atoms with Crippen LogP contribution >= 0.6 is 11.6 Å². The molecule has 0 saturated carbocycles. The summed E-state index contributed by atoms with van der Waals surface area (Å²) in [4.78, 5) is 2.32. The molecule has 0 unspecified atom stereocenters. The minimum absolute atomic E-state index is 0.420. The Morgan fingerprint density at radius 3 is 2.64 bits per heavy atom. The van der Waals surface area contributed by atoms with Crippen LogP contribution in [-0.4, -0.2) is 34.8 Å². The van der Waals surface area contributed by atoms with Gasteiger partial charge in [-0.15, -0.1) is 0 Å². The highest BCUT2D eigenvalue weighted by atomic mass is 35.5. The number of hydrogen-bond donors (Lipinski definition) is 1. The molecule has 2 N–H and O–H groups in total. The number of anilines is 1. The predicted molar refractivity (Wildman–Crippen MR) is 57.4 cm³/mol. The summed E-state index contributed by atoms with van der Waals surface area (Å²) in [6.45, 7) is 2.23. The van der Waals surface area contributed by atoms with Gasteiger partial charge in [0.05, 0.1) is 11.7 Å². The van der Waals surface area contributed by atoms with E-state index in [9.17, 15) is 0 Å². The van der Waals surface area contributed by atoms with E-state index < -0.39 is 0 Å². The molecule has 0 bridgehead atoms. The second kappa shape index (κ2) is 3.79. The van der Waals surface area contributed by atoms with Gasteiger partial charge in [-0.25, -0.2) is 0 Å². The number of aromatic nitrogens is 2. The lowest BCUT2D eigenvalue weighted by molar-refractivity contribution is 0.212. The number of halogens is 1. The molecule has 2 heterocycles. The molecule has 1 aliphatic heterocycles. The van der Waals surface area contributed by atoms with E-state index in [2.05, 4.69) is 17.0 Å². The third-order valence-electron chi connectivity index (χ3n) is 2.78. The summed E-state index contributed by atoms with van der Waals surface area (Å²) in [7, 11) is 2.14. The van der Waals surface area contributed by atoms with Gasteiger partial charge < -0.3 is 10.6 Å². The number of nitrogens with zero attached hydrogens (tertiary/aromatic N) is 3. The molecule has 0 radical (unpaired) electrons. The van der Waals surface area contributed by atoms with Crippen molar-refractivity contribution in [2.45, 2.75) is 18.9 Å². The molecule has 2 rings (SSSR count). The van der Waals surface area contributed by atoms with E-state index in [4.69, 9.17) is 17.3 Å². The van der Waals surface area contributed by atoms with Crippen LogP contribution in [0.2, 0.25) is 5.15 Å². The molecule has 0 aromatic carbocycles. The molecule has 1 fully saturated rings. The van der Waals surface area contributed by atoms with Crippen LogP contribution in [0.1, 0.15) is 18.9 Å². The van der Waals surface area contributed by atoms with Gasteiger partial charge in [0.25, 0.3) is 0 Å². The second-order valence-electron chi connectivity index (χ2n) is 3.89. The normalized spacial score (nSPS) is 20.1.